The maximum absolute atomic E-state index is 6.30. The third kappa shape index (κ3) is 5.65. The number of hydrogen-bond donors (Lipinski definition) is 2. The van der Waals surface area contributed by atoms with Gasteiger partial charge in [0.2, 0.25) is 0 Å². The Morgan fingerprint density at radius 2 is 2.11 bits per heavy atom. The van der Waals surface area contributed by atoms with Gasteiger partial charge in [-0.1, -0.05) is 12.1 Å². The van der Waals surface area contributed by atoms with Gasteiger partial charge >= 0.3 is 0 Å². The van der Waals surface area contributed by atoms with E-state index in [9.17, 15) is 0 Å². The van der Waals surface area contributed by atoms with Gasteiger partial charge in [-0.25, -0.2) is 4.99 Å². The molecule has 1 heterocycles. The lowest BCUT2D eigenvalue weighted by molar-refractivity contribution is 0.198. The van der Waals surface area contributed by atoms with Crippen LogP contribution in [0.5, 0.6) is 11.5 Å². The van der Waals surface area contributed by atoms with Gasteiger partial charge in [0.1, 0.15) is 0 Å². The minimum Gasteiger partial charge on any atom is -0.493 e. The summed E-state index contributed by atoms with van der Waals surface area (Å²) in [5.41, 5.74) is 1.04. The van der Waals surface area contributed by atoms with Crippen LogP contribution in [0.25, 0.3) is 0 Å². The van der Waals surface area contributed by atoms with Crippen LogP contribution in [0.1, 0.15) is 38.2 Å². The van der Waals surface area contributed by atoms with E-state index in [1.807, 2.05) is 29.1 Å². The maximum atomic E-state index is 6.30. The monoisotopic (exact) mass is 385 g/mol. The molecule has 1 saturated carbocycles. The average molecular weight is 386 g/mol. The van der Waals surface area contributed by atoms with E-state index >= 15 is 0 Å². The minimum atomic E-state index is 0.277. The molecule has 7 heteroatoms. The zero-order valence-electron chi connectivity index (χ0n) is 16.9. The number of ether oxygens (including phenoxy) is 2. The average Bonchev–Trinajstić information content (AvgIpc) is 3.41. The lowest BCUT2D eigenvalue weighted by Gasteiger charge is -2.19. The number of hydrogen-bond acceptors (Lipinski definition) is 4. The Hall–Kier alpha value is -2.70. The van der Waals surface area contributed by atoms with Crippen molar-refractivity contribution in [2.75, 3.05) is 20.2 Å². The van der Waals surface area contributed by atoms with Crippen LogP contribution < -0.4 is 20.1 Å². The largest absolute Gasteiger partial charge is 0.493 e. The summed E-state index contributed by atoms with van der Waals surface area (Å²) in [6.07, 6.45) is 8.70. The normalized spacial score (nSPS) is 14.9. The van der Waals surface area contributed by atoms with Crippen LogP contribution in [0.15, 0.2) is 41.7 Å². The Bertz CT molecular complexity index is 739. The van der Waals surface area contributed by atoms with Crippen molar-refractivity contribution in [3.8, 4) is 11.5 Å². The van der Waals surface area contributed by atoms with Gasteiger partial charge in [-0.2, -0.15) is 5.10 Å². The summed E-state index contributed by atoms with van der Waals surface area (Å²) in [5, 5.41) is 10.9. The van der Waals surface area contributed by atoms with E-state index < -0.39 is 0 Å². The van der Waals surface area contributed by atoms with Crippen molar-refractivity contribution in [3.05, 3.63) is 42.2 Å². The molecule has 0 amide bonds. The molecule has 152 valence electrons. The van der Waals surface area contributed by atoms with Crippen LogP contribution in [0.4, 0.5) is 0 Å². The van der Waals surface area contributed by atoms with Crippen LogP contribution in [0.2, 0.25) is 0 Å². The lowest BCUT2D eigenvalue weighted by atomic mass is 10.1. The Morgan fingerprint density at radius 1 is 1.25 bits per heavy atom. The van der Waals surface area contributed by atoms with Crippen LogP contribution in [0, 0.1) is 0 Å². The van der Waals surface area contributed by atoms with Crippen LogP contribution in [0.3, 0.4) is 0 Å². The molecule has 0 saturated heterocycles. The third-order valence-corrected chi connectivity index (χ3v) is 4.81. The number of aliphatic imine (C=N–C) groups is 1. The SMILES string of the molecule is CCNC(=NCc1cccc(OC)c1OC1CCCC1)NCCn1cccn1. The highest BCUT2D eigenvalue weighted by Crippen LogP contribution is 2.35. The van der Waals surface area contributed by atoms with Crippen LogP contribution in [-0.2, 0) is 13.1 Å². The molecule has 1 aromatic carbocycles. The van der Waals surface area contributed by atoms with Gasteiger partial charge in [-0.05, 0) is 44.7 Å². The molecule has 2 N–H and O–H groups in total. The van der Waals surface area contributed by atoms with Crippen molar-refractivity contribution in [3.63, 3.8) is 0 Å². The van der Waals surface area contributed by atoms with E-state index in [0.717, 1.165) is 55.5 Å². The molecule has 0 aliphatic heterocycles. The lowest BCUT2D eigenvalue weighted by Crippen LogP contribution is -2.38. The molecular weight excluding hydrogens is 354 g/mol. The summed E-state index contributed by atoms with van der Waals surface area (Å²) in [6.45, 7) is 4.92. The number of methoxy groups -OCH3 is 1. The molecule has 0 unspecified atom stereocenters. The summed E-state index contributed by atoms with van der Waals surface area (Å²) >= 11 is 0. The van der Waals surface area contributed by atoms with Gasteiger partial charge in [0, 0.05) is 31.0 Å². The number of nitrogens with one attached hydrogen (secondary N) is 2. The highest BCUT2D eigenvalue weighted by atomic mass is 16.5. The zero-order chi connectivity index (χ0) is 19.6. The number of nitrogens with zero attached hydrogens (tertiary/aromatic N) is 3. The smallest absolute Gasteiger partial charge is 0.191 e. The Kier molecular flexibility index (Phi) is 7.58. The first kappa shape index (κ1) is 20.0. The van der Waals surface area contributed by atoms with E-state index in [1.165, 1.54) is 12.8 Å². The Labute approximate surface area is 167 Å². The van der Waals surface area contributed by atoms with Crippen molar-refractivity contribution in [2.45, 2.75) is 51.8 Å². The van der Waals surface area contributed by atoms with Gasteiger partial charge in [0.05, 0.1) is 26.3 Å². The third-order valence-electron chi connectivity index (χ3n) is 4.81. The molecule has 1 fully saturated rings. The van der Waals surface area contributed by atoms with E-state index in [1.54, 1.807) is 13.3 Å². The van der Waals surface area contributed by atoms with Crippen LogP contribution in [-0.4, -0.2) is 42.0 Å². The second-order valence-electron chi connectivity index (χ2n) is 6.86. The minimum absolute atomic E-state index is 0.277. The predicted octanol–water partition coefficient (Wildman–Crippen LogP) is 2.97. The quantitative estimate of drug-likeness (QED) is 0.513. The predicted molar refractivity (Wildman–Crippen MR) is 111 cm³/mol. The first-order valence-corrected chi connectivity index (χ1v) is 10.1. The Morgan fingerprint density at radius 3 is 2.82 bits per heavy atom. The van der Waals surface area contributed by atoms with Gasteiger partial charge < -0.3 is 20.1 Å². The molecule has 3 rings (SSSR count). The molecule has 0 spiro atoms. The molecular formula is C21H31N5O2. The highest BCUT2D eigenvalue weighted by molar-refractivity contribution is 5.79. The number of para-hydroxylation sites is 1. The van der Waals surface area contributed by atoms with E-state index in [4.69, 9.17) is 14.5 Å². The molecule has 28 heavy (non-hydrogen) atoms. The van der Waals surface area contributed by atoms with Crippen molar-refractivity contribution in [2.24, 2.45) is 4.99 Å². The Balaban J connectivity index is 1.66. The first-order chi connectivity index (χ1) is 13.8. The highest BCUT2D eigenvalue weighted by Gasteiger charge is 2.20. The number of aromatic nitrogens is 2. The summed E-state index contributed by atoms with van der Waals surface area (Å²) in [5.74, 6) is 2.38. The molecule has 1 aromatic heterocycles. The molecule has 7 nitrogen and oxygen atoms in total. The fraction of sp³-hybridized carbons (Fsp3) is 0.524. The molecule has 0 bridgehead atoms. The second kappa shape index (κ2) is 10.6. The fourth-order valence-corrected chi connectivity index (χ4v) is 3.38. The molecule has 1 aliphatic carbocycles. The molecule has 1 aliphatic rings. The standard InChI is InChI=1S/C21H31N5O2/c1-3-22-21(23-13-15-26-14-7-12-25-26)24-16-17-8-6-11-19(27-2)20(17)28-18-9-4-5-10-18/h6-8,11-12,14,18H,3-5,9-10,13,15-16H2,1-2H3,(H2,22,23,24). The summed E-state index contributed by atoms with van der Waals surface area (Å²) in [4.78, 5) is 4.74. The number of guanidine groups is 1. The molecule has 0 atom stereocenters. The fourth-order valence-electron chi connectivity index (χ4n) is 3.38. The zero-order valence-corrected chi connectivity index (χ0v) is 16.9. The summed E-state index contributed by atoms with van der Waals surface area (Å²) in [6, 6.07) is 7.92. The molecule has 2 aromatic rings. The van der Waals surface area contributed by atoms with Crippen molar-refractivity contribution in [1.29, 1.82) is 0 Å². The van der Waals surface area contributed by atoms with Gasteiger partial charge in [0.15, 0.2) is 17.5 Å². The van der Waals surface area contributed by atoms with Crippen molar-refractivity contribution in [1.82, 2.24) is 20.4 Å². The molecule has 0 radical (unpaired) electrons. The summed E-state index contributed by atoms with van der Waals surface area (Å²) in [7, 11) is 1.69. The number of rotatable bonds is 9. The van der Waals surface area contributed by atoms with E-state index in [2.05, 4.69) is 28.7 Å². The van der Waals surface area contributed by atoms with Crippen molar-refractivity contribution < 1.29 is 9.47 Å². The van der Waals surface area contributed by atoms with E-state index in [-0.39, 0.29) is 6.10 Å². The van der Waals surface area contributed by atoms with Crippen LogP contribution >= 0.6 is 0 Å². The van der Waals surface area contributed by atoms with Crippen molar-refractivity contribution >= 4 is 5.96 Å². The maximum Gasteiger partial charge on any atom is 0.191 e. The first-order valence-electron chi connectivity index (χ1n) is 10.1. The second-order valence-corrected chi connectivity index (χ2v) is 6.86. The topological polar surface area (TPSA) is 72.7 Å². The van der Waals surface area contributed by atoms with Gasteiger partial charge in [-0.15, -0.1) is 0 Å². The van der Waals surface area contributed by atoms with Gasteiger partial charge in [0.25, 0.3) is 0 Å². The number of benzene rings is 1. The van der Waals surface area contributed by atoms with Gasteiger partial charge in [-0.3, -0.25) is 4.68 Å². The summed E-state index contributed by atoms with van der Waals surface area (Å²) < 4.78 is 13.7. The van der Waals surface area contributed by atoms with E-state index in [0.29, 0.717) is 6.54 Å².